The Hall–Kier alpha value is 0.0600. The van der Waals surface area contributed by atoms with E-state index >= 15 is 0 Å². The van der Waals surface area contributed by atoms with Crippen molar-refractivity contribution in [3.63, 3.8) is 0 Å². The fourth-order valence-electron chi connectivity index (χ4n) is 1.20. The minimum atomic E-state index is -1.81. The van der Waals surface area contributed by atoms with E-state index in [2.05, 4.69) is 10.6 Å². The molecule has 16 heavy (non-hydrogen) atoms. The highest BCUT2D eigenvalue weighted by Crippen LogP contribution is 2.12. The van der Waals surface area contributed by atoms with Gasteiger partial charge in [0.15, 0.2) is 0 Å². The average Bonchev–Trinajstić information content (AvgIpc) is 2.27. The molecule has 0 bridgehead atoms. The first-order chi connectivity index (χ1) is 7.62. The zero-order chi connectivity index (χ0) is 12.3. The van der Waals surface area contributed by atoms with Crippen molar-refractivity contribution in [1.82, 2.24) is 10.6 Å². The van der Waals surface area contributed by atoms with Crippen LogP contribution in [0, 0.1) is 0 Å². The van der Waals surface area contributed by atoms with E-state index in [1.165, 1.54) is 0 Å². The van der Waals surface area contributed by atoms with Gasteiger partial charge < -0.3 is 22.1 Å². The standard InChI is InChI=1S/C10H24ClFN4/c11-10(12,8-14)9-16-6-2-1-5-15-7-3-4-13/h15-16H,1-9,13-14H2. The van der Waals surface area contributed by atoms with Gasteiger partial charge in [-0.2, -0.15) is 0 Å². The number of unbranched alkanes of at least 4 members (excludes halogenated alkanes) is 1. The van der Waals surface area contributed by atoms with Crippen LogP contribution >= 0.6 is 11.6 Å². The zero-order valence-electron chi connectivity index (χ0n) is 9.77. The summed E-state index contributed by atoms with van der Waals surface area (Å²) in [5.41, 5.74) is 10.5. The molecule has 0 aliphatic carbocycles. The van der Waals surface area contributed by atoms with Gasteiger partial charge in [-0.25, -0.2) is 4.39 Å². The Kier molecular flexibility index (Phi) is 10.3. The van der Waals surface area contributed by atoms with Gasteiger partial charge in [-0.3, -0.25) is 0 Å². The lowest BCUT2D eigenvalue weighted by atomic mass is 10.3. The SMILES string of the molecule is NCCCNCCCCNCC(F)(Cl)CN. The molecule has 0 aromatic carbocycles. The first kappa shape index (κ1) is 16.1. The molecular weight excluding hydrogens is 231 g/mol. The van der Waals surface area contributed by atoms with E-state index in [0.29, 0.717) is 0 Å². The van der Waals surface area contributed by atoms with Gasteiger partial charge in [0.25, 0.3) is 0 Å². The molecule has 98 valence electrons. The van der Waals surface area contributed by atoms with Crippen LogP contribution < -0.4 is 22.1 Å². The Bertz CT molecular complexity index is 158. The Morgan fingerprint density at radius 2 is 1.56 bits per heavy atom. The Balaban J connectivity index is 3.10. The number of hydrogen-bond acceptors (Lipinski definition) is 4. The maximum absolute atomic E-state index is 13.1. The van der Waals surface area contributed by atoms with Crippen LogP contribution in [0.3, 0.4) is 0 Å². The fourth-order valence-corrected chi connectivity index (χ4v) is 1.29. The molecule has 0 aliphatic heterocycles. The molecule has 0 aromatic rings. The van der Waals surface area contributed by atoms with E-state index in [-0.39, 0.29) is 13.1 Å². The predicted molar refractivity (Wildman–Crippen MR) is 67.4 cm³/mol. The third kappa shape index (κ3) is 10.6. The molecule has 6 heteroatoms. The van der Waals surface area contributed by atoms with Crippen LogP contribution in [0.1, 0.15) is 19.3 Å². The highest BCUT2D eigenvalue weighted by Gasteiger charge is 2.22. The van der Waals surface area contributed by atoms with Crippen LogP contribution in [0.5, 0.6) is 0 Å². The summed E-state index contributed by atoms with van der Waals surface area (Å²) in [7, 11) is 0. The molecule has 0 radical (unpaired) electrons. The van der Waals surface area contributed by atoms with Crippen LogP contribution in [0.15, 0.2) is 0 Å². The van der Waals surface area contributed by atoms with Crippen LogP contribution in [-0.4, -0.2) is 44.4 Å². The molecule has 0 amide bonds. The van der Waals surface area contributed by atoms with Crippen LogP contribution in [0.2, 0.25) is 0 Å². The summed E-state index contributed by atoms with van der Waals surface area (Å²) in [6.45, 7) is 3.36. The van der Waals surface area contributed by atoms with Gasteiger partial charge in [0.05, 0.1) is 0 Å². The number of rotatable bonds is 11. The van der Waals surface area contributed by atoms with Crippen molar-refractivity contribution in [2.24, 2.45) is 11.5 Å². The lowest BCUT2D eigenvalue weighted by molar-refractivity contribution is 0.275. The van der Waals surface area contributed by atoms with E-state index in [1.54, 1.807) is 0 Å². The second kappa shape index (κ2) is 10.2. The predicted octanol–water partition coefficient (Wildman–Crippen LogP) is 0.158. The molecule has 0 saturated heterocycles. The van der Waals surface area contributed by atoms with Crippen LogP contribution in [0.4, 0.5) is 4.39 Å². The summed E-state index contributed by atoms with van der Waals surface area (Å²) >= 11 is 5.44. The molecule has 0 aliphatic rings. The minimum absolute atomic E-state index is 0.103. The van der Waals surface area contributed by atoms with Crippen molar-refractivity contribution in [3.05, 3.63) is 0 Å². The zero-order valence-corrected chi connectivity index (χ0v) is 10.5. The third-order valence-electron chi connectivity index (χ3n) is 2.20. The molecule has 0 rings (SSSR count). The van der Waals surface area contributed by atoms with Crippen molar-refractivity contribution in [2.75, 3.05) is 39.3 Å². The summed E-state index contributed by atoms with van der Waals surface area (Å²) in [6, 6.07) is 0. The first-order valence-electron chi connectivity index (χ1n) is 5.82. The quantitative estimate of drug-likeness (QED) is 0.313. The molecule has 4 nitrogen and oxygen atoms in total. The molecule has 0 fully saturated rings. The van der Waals surface area contributed by atoms with Gasteiger partial charge >= 0.3 is 0 Å². The summed E-state index contributed by atoms with van der Waals surface area (Å²) in [5, 5.41) is 4.41. The Morgan fingerprint density at radius 3 is 2.12 bits per heavy atom. The summed E-state index contributed by atoms with van der Waals surface area (Å²) in [6.07, 6.45) is 3.06. The molecule has 0 saturated carbocycles. The van der Waals surface area contributed by atoms with Crippen molar-refractivity contribution in [2.45, 2.75) is 24.4 Å². The van der Waals surface area contributed by atoms with Gasteiger partial charge in [-0.05, 0) is 45.4 Å². The van der Waals surface area contributed by atoms with Crippen molar-refractivity contribution in [1.29, 1.82) is 0 Å². The maximum atomic E-state index is 13.1. The molecule has 1 unspecified atom stereocenters. The van der Waals surface area contributed by atoms with E-state index in [0.717, 1.165) is 45.4 Å². The summed E-state index contributed by atoms with van der Waals surface area (Å²) in [4.78, 5) is 0. The smallest absolute Gasteiger partial charge is 0.207 e. The van der Waals surface area contributed by atoms with Crippen molar-refractivity contribution in [3.8, 4) is 0 Å². The maximum Gasteiger partial charge on any atom is 0.207 e. The van der Waals surface area contributed by atoms with Gasteiger partial charge in [-0.1, -0.05) is 11.6 Å². The summed E-state index contributed by atoms with van der Waals surface area (Å²) < 4.78 is 13.1. The normalized spacial score (nSPS) is 15.0. The van der Waals surface area contributed by atoms with E-state index in [1.807, 2.05) is 0 Å². The molecule has 0 spiro atoms. The lowest BCUT2D eigenvalue weighted by Gasteiger charge is -2.15. The monoisotopic (exact) mass is 254 g/mol. The third-order valence-corrected chi connectivity index (χ3v) is 2.48. The van der Waals surface area contributed by atoms with E-state index in [9.17, 15) is 4.39 Å². The fraction of sp³-hybridized carbons (Fsp3) is 1.00. The average molecular weight is 255 g/mol. The number of nitrogens with two attached hydrogens (primary N) is 2. The number of alkyl halides is 2. The second-order valence-corrected chi connectivity index (χ2v) is 4.51. The van der Waals surface area contributed by atoms with Crippen molar-refractivity contribution >= 4 is 11.6 Å². The largest absolute Gasteiger partial charge is 0.330 e. The van der Waals surface area contributed by atoms with E-state index < -0.39 is 5.13 Å². The minimum Gasteiger partial charge on any atom is -0.330 e. The highest BCUT2D eigenvalue weighted by atomic mass is 35.5. The molecule has 1 atom stereocenters. The van der Waals surface area contributed by atoms with Crippen molar-refractivity contribution < 1.29 is 4.39 Å². The number of nitrogens with one attached hydrogen (secondary N) is 2. The number of hydrogen-bond donors (Lipinski definition) is 4. The summed E-state index contributed by atoms with van der Waals surface area (Å²) in [5.74, 6) is 0. The van der Waals surface area contributed by atoms with Crippen LogP contribution in [0.25, 0.3) is 0 Å². The lowest BCUT2D eigenvalue weighted by Crippen LogP contribution is -2.38. The molecule has 0 heterocycles. The van der Waals surface area contributed by atoms with Gasteiger partial charge in [0.1, 0.15) is 0 Å². The molecular formula is C10H24ClFN4. The second-order valence-electron chi connectivity index (χ2n) is 3.84. The van der Waals surface area contributed by atoms with Crippen LogP contribution in [-0.2, 0) is 0 Å². The number of halogens is 2. The van der Waals surface area contributed by atoms with Gasteiger partial charge in [0.2, 0.25) is 5.13 Å². The molecule has 0 aromatic heterocycles. The highest BCUT2D eigenvalue weighted by molar-refractivity contribution is 6.23. The Labute approximate surface area is 102 Å². The van der Waals surface area contributed by atoms with E-state index in [4.69, 9.17) is 23.1 Å². The Morgan fingerprint density at radius 1 is 1.00 bits per heavy atom. The molecule has 6 N–H and O–H groups in total. The topological polar surface area (TPSA) is 76.1 Å². The van der Waals surface area contributed by atoms with Gasteiger partial charge in [-0.15, -0.1) is 0 Å². The first-order valence-corrected chi connectivity index (χ1v) is 6.19. The van der Waals surface area contributed by atoms with Gasteiger partial charge in [0, 0.05) is 13.1 Å².